The standard InChI is InChI=1S/C16H28O6/c1-13(2,18-7)16-8-9-11(20-14(3,4)19-9)10(17)12(16)21-15(5,6)22-16/h9-12,17H,8H2,1-7H3/t9-,10-,11-,12+,16-/m1/s1. The van der Waals surface area contributed by atoms with E-state index in [9.17, 15) is 5.11 Å². The molecule has 0 aromatic rings. The van der Waals surface area contributed by atoms with Crippen LogP contribution < -0.4 is 0 Å². The second kappa shape index (κ2) is 4.65. The van der Waals surface area contributed by atoms with Crippen LogP contribution in [0.4, 0.5) is 0 Å². The third-order valence-corrected chi connectivity index (χ3v) is 5.20. The largest absolute Gasteiger partial charge is 0.387 e. The lowest BCUT2D eigenvalue weighted by Gasteiger charge is -2.50. The van der Waals surface area contributed by atoms with Gasteiger partial charge in [0.25, 0.3) is 0 Å². The van der Waals surface area contributed by atoms with E-state index in [0.717, 1.165) is 0 Å². The Morgan fingerprint density at radius 1 is 1.05 bits per heavy atom. The molecule has 2 saturated heterocycles. The average Bonchev–Trinajstić information content (AvgIpc) is 2.83. The second-order valence-electron chi connectivity index (χ2n) is 7.98. The Labute approximate surface area is 132 Å². The molecule has 1 aliphatic carbocycles. The van der Waals surface area contributed by atoms with E-state index in [2.05, 4.69) is 0 Å². The van der Waals surface area contributed by atoms with E-state index in [1.54, 1.807) is 7.11 Å². The van der Waals surface area contributed by atoms with Gasteiger partial charge in [-0.2, -0.15) is 0 Å². The van der Waals surface area contributed by atoms with Crippen molar-refractivity contribution in [2.45, 2.75) is 95.2 Å². The number of fused-ring (bicyclic) bond motifs is 2. The predicted molar refractivity (Wildman–Crippen MR) is 78.3 cm³/mol. The molecule has 0 radical (unpaired) electrons. The highest BCUT2D eigenvalue weighted by Gasteiger charge is 2.70. The van der Waals surface area contributed by atoms with Crippen LogP contribution in [-0.4, -0.2) is 59.4 Å². The van der Waals surface area contributed by atoms with Crippen LogP contribution in [0.15, 0.2) is 0 Å². The maximum atomic E-state index is 10.9. The van der Waals surface area contributed by atoms with E-state index in [1.807, 2.05) is 41.5 Å². The highest BCUT2D eigenvalue weighted by molar-refractivity contribution is 5.17. The summed E-state index contributed by atoms with van der Waals surface area (Å²) in [5.41, 5.74) is -1.44. The van der Waals surface area contributed by atoms with Gasteiger partial charge in [-0.1, -0.05) is 0 Å². The highest BCUT2D eigenvalue weighted by Crippen LogP contribution is 2.54. The van der Waals surface area contributed by atoms with Crippen molar-refractivity contribution in [3.8, 4) is 0 Å². The van der Waals surface area contributed by atoms with Gasteiger partial charge in [-0.3, -0.25) is 0 Å². The van der Waals surface area contributed by atoms with Gasteiger partial charge >= 0.3 is 0 Å². The van der Waals surface area contributed by atoms with E-state index in [-0.39, 0.29) is 6.10 Å². The molecule has 3 aliphatic rings. The van der Waals surface area contributed by atoms with Crippen LogP contribution in [0.3, 0.4) is 0 Å². The van der Waals surface area contributed by atoms with Gasteiger partial charge in [0.2, 0.25) is 0 Å². The Balaban J connectivity index is 2.02. The topological polar surface area (TPSA) is 66.4 Å². The van der Waals surface area contributed by atoms with Crippen LogP contribution in [0.1, 0.15) is 48.0 Å². The molecule has 22 heavy (non-hydrogen) atoms. The molecule has 3 fully saturated rings. The summed E-state index contributed by atoms with van der Waals surface area (Å²) in [4.78, 5) is 0. The first-order valence-corrected chi connectivity index (χ1v) is 7.90. The Kier molecular flexibility index (Phi) is 3.51. The average molecular weight is 316 g/mol. The first-order valence-electron chi connectivity index (χ1n) is 7.90. The summed E-state index contributed by atoms with van der Waals surface area (Å²) in [6.45, 7) is 11.3. The summed E-state index contributed by atoms with van der Waals surface area (Å²) in [6.07, 6.45) is -1.49. The summed E-state index contributed by atoms with van der Waals surface area (Å²) < 4.78 is 29.9. The number of aliphatic hydroxyl groups is 1. The van der Waals surface area contributed by atoms with Crippen molar-refractivity contribution < 1.29 is 28.8 Å². The van der Waals surface area contributed by atoms with E-state index < -0.39 is 41.1 Å². The van der Waals surface area contributed by atoms with Crippen LogP contribution >= 0.6 is 0 Å². The molecule has 0 unspecified atom stereocenters. The van der Waals surface area contributed by atoms with Gasteiger partial charge in [0.15, 0.2) is 11.6 Å². The monoisotopic (exact) mass is 316 g/mol. The minimum atomic E-state index is -0.836. The highest BCUT2D eigenvalue weighted by atomic mass is 16.8. The fourth-order valence-electron chi connectivity index (χ4n) is 4.09. The van der Waals surface area contributed by atoms with E-state index >= 15 is 0 Å². The Morgan fingerprint density at radius 3 is 2.27 bits per heavy atom. The zero-order chi connectivity index (χ0) is 16.6. The molecule has 0 amide bonds. The summed E-state index contributed by atoms with van der Waals surface area (Å²) in [6, 6.07) is 0. The van der Waals surface area contributed by atoms with Crippen molar-refractivity contribution in [2.24, 2.45) is 0 Å². The molecule has 1 saturated carbocycles. The molecule has 5 atom stereocenters. The first kappa shape index (κ1) is 16.6. The Hall–Kier alpha value is -0.240. The Bertz CT molecular complexity index is 460. The second-order valence-corrected chi connectivity index (χ2v) is 7.98. The zero-order valence-corrected chi connectivity index (χ0v) is 14.5. The molecule has 128 valence electrons. The maximum absolute atomic E-state index is 10.9. The van der Waals surface area contributed by atoms with E-state index in [1.165, 1.54) is 0 Å². The molecule has 2 aliphatic heterocycles. The maximum Gasteiger partial charge on any atom is 0.164 e. The normalized spacial score (nSPS) is 46.4. The van der Waals surface area contributed by atoms with Gasteiger partial charge < -0.3 is 28.8 Å². The predicted octanol–water partition coefficient (Wildman–Crippen LogP) is 1.59. The van der Waals surface area contributed by atoms with Crippen LogP contribution in [-0.2, 0) is 23.7 Å². The summed E-state index contributed by atoms with van der Waals surface area (Å²) in [7, 11) is 1.65. The number of hydrogen-bond acceptors (Lipinski definition) is 6. The lowest BCUT2D eigenvalue weighted by molar-refractivity contribution is -0.233. The van der Waals surface area contributed by atoms with Gasteiger partial charge in [0.05, 0.1) is 11.7 Å². The van der Waals surface area contributed by atoms with Gasteiger partial charge in [-0.25, -0.2) is 0 Å². The number of ether oxygens (including phenoxy) is 5. The van der Waals surface area contributed by atoms with Crippen molar-refractivity contribution in [1.82, 2.24) is 0 Å². The van der Waals surface area contributed by atoms with Crippen molar-refractivity contribution in [1.29, 1.82) is 0 Å². The third kappa shape index (κ3) is 2.24. The van der Waals surface area contributed by atoms with E-state index in [0.29, 0.717) is 6.42 Å². The van der Waals surface area contributed by atoms with Crippen LogP contribution in [0.5, 0.6) is 0 Å². The van der Waals surface area contributed by atoms with Gasteiger partial charge in [-0.05, 0) is 41.5 Å². The molecule has 6 nitrogen and oxygen atoms in total. The number of hydrogen-bond donors (Lipinski definition) is 1. The number of rotatable bonds is 2. The molecule has 1 N–H and O–H groups in total. The molecule has 0 aromatic carbocycles. The Morgan fingerprint density at radius 2 is 1.68 bits per heavy atom. The SMILES string of the molecule is COC(C)(C)[C@@]12C[C@H]3OC(C)(C)O[C@H]3[C@@H](O)[C@@H]1OC(C)(C)O2. The zero-order valence-electron chi connectivity index (χ0n) is 14.5. The minimum Gasteiger partial charge on any atom is -0.387 e. The quantitative estimate of drug-likeness (QED) is 0.834. The summed E-state index contributed by atoms with van der Waals surface area (Å²) in [5, 5.41) is 10.9. The molecule has 0 spiro atoms. The lowest BCUT2D eigenvalue weighted by Crippen LogP contribution is -2.68. The fraction of sp³-hybridized carbons (Fsp3) is 1.00. The van der Waals surface area contributed by atoms with Crippen LogP contribution in [0.25, 0.3) is 0 Å². The molecular formula is C16H28O6. The van der Waals surface area contributed by atoms with Gasteiger partial charge in [-0.15, -0.1) is 0 Å². The van der Waals surface area contributed by atoms with Gasteiger partial charge in [0.1, 0.15) is 23.9 Å². The van der Waals surface area contributed by atoms with Crippen molar-refractivity contribution in [2.75, 3.05) is 7.11 Å². The van der Waals surface area contributed by atoms with Gasteiger partial charge in [0, 0.05) is 13.5 Å². The lowest BCUT2D eigenvalue weighted by atomic mass is 9.69. The first-order chi connectivity index (χ1) is 9.93. The van der Waals surface area contributed by atoms with Crippen molar-refractivity contribution >= 4 is 0 Å². The molecule has 6 heteroatoms. The molecular weight excluding hydrogens is 288 g/mol. The molecule has 0 aromatic heterocycles. The van der Waals surface area contributed by atoms with E-state index in [4.69, 9.17) is 23.7 Å². The summed E-state index contributed by atoms with van der Waals surface area (Å²) >= 11 is 0. The third-order valence-electron chi connectivity index (χ3n) is 5.20. The number of methoxy groups -OCH3 is 1. The fourth-order valence-corrected chi connectivity index (χ4v) is 4.09. The minimum absolute atomic E-state index is 0.256. The number of aliphatic hydroxyl groups excluding tert-OH is 1. The molecule has 2 heterocycles. The summed E-state index contributed by atoms with van der Waals surface area (Å²) in [5.74, 6) is -1.52. The smallest absolute Gasteiger partial charge is 0.164 e. The van der Waals surface area contributed by atoms with Crippen molar-refractivity contribution in [3.63, 3.8) is 0 Å². The van der Waals surface area contributed by atoms with Crippen LogP contribution in [0.2, 0.25) is 0 Å². The van der Waals surface area contributed by atoms with Crippen LogP contribution in [0, 0.1) is 0 Å². The van der Waals surface area contributed by atoms with Crippen molar-refractivity contribution in [3.05, 3.63) is 0 Å². The molecule has 3 rings (SSSR count). The molecule has 0 bridgehead atoms.